The van der Waals surface area contributed by atoms with Gasteiger partial charge in [0, 0.05) is 13.0 Å². The van der Waals surface area contributed by atoms with Gasteiger partial charge in [-0.2, -0.15) is 5.10 Å². The van der Waals surface area contributed by atoms with Crippen molar-refractivity contribution in [3.63, 3.8) is 0 Å². The second-order valence-corrected chi connectivity index (χ2v) is 5.54. The molecule has 2 rings (SSSR count). The lowest BCUT2D eigenvalue weighted by Gasteiger charge is -2.24. The van der Waals surface area contributed by atoms with Crippen molar-refractivity contribution in [2.24, 2.45) is 0 Å². The number of aliphatic hydroxyl groups is 1. The molecule has 2 aromatic rings. The minimum absolute atomic E-state index is 0.178. The minimum Gasteiger partial charge on any atom is -0.508 e. The number of phenolic OH excluding ortho intramolecular Hbond substituents is 1. The first-order valence-electron chi connectivity index (χ1n) is 6.59. The highest BCUT2D eigenvalue weighted by Gasteiger charge is 2.27. The van der Waals surface area contributed by atoms with Crippen LogP contribution in [-0.4, -0.2) is 20.0 Å². The summed E-state index contributed by atoms with van der Waals surface area (Å²) in [6, 6.07) is 6.55. The van der Waals surface area contributed by atoms with Gasteiger partial charge >= 0.3 is 0 Å². The van der Waals surface area contributed by atoms with E-state index in [0.29, 0.717) is 18.0 Å². The van der Waals surface area contributed by atoms with Crippen LogP contribution in [0.4, 0.5) is 0 Å². The van der Waals surface area contributed by atoms with Gasteiger partial charge in [-0.05, 0) is 38.5 Å². The van der Waals surface area contributed by atoms with Crippen molar-refractivity contribution >= 4 is 11.6 Å². The van der Waals surface area contributed by atoms with Crippen LogP contribution in [0.2, 0.25) is 5.02 Å². The first-order valence-corrected chi connectivity index (χ1v) is 6.96. The molecule has 0 amide bonds. The highest BCUT2D eigenvalue weighted by Crippen LogP contribution is 2.30. The smallest absolute Gasteiger partial charge is 0.115 e. The van der Waals surface area contributed by atoms with Gasteiger partial charge in [-0.3, -0.25) is 4.68 Å². The van der Waals surface area contributed by atoms with Crippen molar-refractivity contribution < 1.29 is 10.2 Å². The van der Waals surface area contributed by atoms with Crippen LogP contribution < -0.4 is 0 Å². The molecule has 0 saturated carbocycles. The van der Waals surface area contributed by atoms with E-state index < -0.39 is 5.60 Å². The Morgan fingerprint density at radius 3 is 2.45 bits per heavy atom. The van der Waals surface area contributed by atoms with Gasteiger partial charge in [-0.25, -0.2) is 0 Å². The van der Waals surface area contributed by atoms with E-state index in [4.69, 9.17) is 11.6 Å². The van der Waals surface area contributed by atoms with Crippen LogP contribution in [0.25, 0.3) is 0 Å². The standard InChI is InChI=1S/C15H19ClN2O2/c1-4-18-13(14(16)10(2)17-18)9-15(3,20)11-5-7-12(19)8-6-11/h5-8,19-20H,4,9H2,1-3H3. The van der Waals surface area contributed by atoms with Crippen LogP contribution in [0.3, 0.4) is 0 Å². The van der Waals surface area contributed by atoms with Crippen LogP contribution in [0.5, 0.6) is 5.75 Å². The Bertz CT molecular complexity index is 603. The molecule has 1 atom stereocenters. The van der Waals surface area contributed by atoms with E-state index in [2.05, 4.69) is 5.10 Å². The second kappa shape index (κ2) is 5.46. The maximum absolute atomic E-state index is 10.7. The molecule has 1 unspecified atom stereocenters. The topological polar surface area (TPSA) is 58.3 Å². The summed E-state index contributed by atoms with van der Waals surface area (Å²) in [6.07, 6.45) is 0.366. The van der Waals surface area contributed by atoms with Crippen molar-refractivity contribution in [3.05, 3.63) is 46.2 Å². The molecule has 0 fully saturated rings. The van der Waals surface area contributed by atoms with Gasteiger partial charge < -0.3 is 10.2 Å². The summed E-state index contributed by atoms with van der Waals surface area (Å²) in [5, 5.41) is 25.0. The average Bonchev–Trinajstić information content (AvgIpc) is 2.66. The molecule has 0 spiro atoms. The molecule has 0 aliphatic heterocycles. The van der Waals surface area contributed by atoms with Gasteiger partial charge in [0.05, 0.1) is 22.0 Å². The summed E-state index contributed by atoms with van der Waals surface area (Å²) in [5.41, 5.74) is 1.25. The van der Waals surface area contributed by atoms with Crippen LogP contribution in [0, 0.1) is 6.92 Å². The van der Waals surface area contributed by atoms with E-state index in [-0.39, 0.29) is 5.75 Å². The molecule has 20 heavy (non-hydrogen) atoms. The lowest BCUT2D eigenvalue weighted by atomic mass is 9.91. The normalized spacial score (nSPS) is 14.2. The zero-order valence-electron chi connectivity index (χ0n) is 11.9. The van der Waals surface area contributed by atoms with Gasteiger partial charge in [0.15, 0.2) is 0 Å². The second-order valence-electron chi connectivity index (χ2n) is 5.16. The van der Waals surface area contributed by atoms with Crippen LogP contribution in [-0.2, 0) is 18.6 Å². The molecule has 0 aliphatic carbocycles. The fourth-order valence-corrected chi connectivity index (χ4v) is 2.49. The van der Waals surface area contributed by atoms with Crippen molar-refractivity contribution in [2.75, 3.05) is 0 Å². The maximum Gasteiger partial charge on any atom is 0.115 e. The number of hydrogen-bond acceptors (Lipinski definition) is 3. The zero-order chi connectivity index (χ0) is 14.9. The molecular formula is C15H19ClN2O2. The number of aromatic nitrogens is 2. The number of nitrogens with zero attached hydrogens (tertiary/aromatic N) is 2. The van der Waals surface area contributed by atoms with Gasteiger partial charge in [0.2, 0.25) is 0 Å². The summed E-state index contributed by atoms with van der Waals surface area (Å²) >= 11 is 6.28. The number of rotatable bonds is 4. The first kappa shape index (κ1) is 14.9. The van der Waals surface area contributed by atoms with E-state index in [1.54, 1.807) is 31.2 Å². The fraction of sp³-hybridized carbons (Fsp3) is 0.400. The number of halogens is 1. The summed E-state index contributed by atoms with van der Waals surface area (Å²) in [4.78, 5) is 0. The Morgan fingerprint density at radius 2 is 1.90 bits per heavy atom. The highest BCUT2D eigenvalue weighted by atomic mass is 35.5. The van der Waals surface area contributed by atoms with Crippen molar-refractivity contribution in [3.8, 4) is 5.75 Å². The molecule has 4 nitrogen and oxygen atoms in total. The molecule has 108 valence electrons. The Balaban J connectivity index is 2.35. The van der Waals surface area contributed by atoms with E-state index in [1.807, 2.05) is 18.5 Å². The molecule has 0 saturated heterocycles. The van der Waals surface area contributed by atoms with Crippen LogP contribution >= 0.6 is 11.6 Å². The van der Waals surface area contributed by atoms with Gasteiger partial charge in [0.1, 0.15) is 5.75 Å². The molecule has 1 heterocycles. The average molecular weight is 295 g/mol. The number of aromatic hydroxyl groups is 1. The van der Waals surface area contributed by atoms with Gasteiger partial charge in [0.25, 0.3) is 0 Å². The van der Waals surface area contributed by atoms with Crippen molar-refractivity contribution in [2.45, 2.75) is 39.3 Å². The monoisotopic (exact) mass is 294 g/mol. The largest absolute Gasteiger partial charge is 0.508 e. The Labute approximate surface area is 123 Å². The van der Waals surface area contributed by atoms with Crippen LogP contribution in [0.1, 0.15) is 30.8 Å². The summed E-state index contributed by atoms with van der Waals surface area (Å²) in [5.74, 6) is 0.178. The van der Waals surface area contributed by atoms with E-state index in [0.717, 1.165) is 17.0 Å². The van der Waals surface area contributed by atoms with Crippen LogP contribution in [0.15, 0.2) is 24.3 Å². The number of hydrogen-bond donors (Lipinski definition) is 2. The summed E-state index contributed by atoms with van der Waals surface area (Å²) in [7, 11) is 0. The SMILES string of the molecule is CCn1nc(C)c(Cl)c1CC(C)(O)c1ccc(O)cc1. The fourth-order valence-electron chi connectivity index (χ4n) is 2.29. The van der Waals surface area contributed by atoms with Gasteiger partial charge in [-0.15, -0.1) is 0 Å². The Hall–Kier alpha value is -1.52. The van der Waals surface area contributed by atoms with E-state index in [9.17, 15) is 10.2 Å². The Morgan fingerprint density at radius 1 is 1.30 bits per heavy atom. The molecule has 5 heteroatoms. The third-order valence-corrected chi connectivity index (χ3v) is 3.95. The van der Waals surface area contributed by atoms with Gasteiger partial charge in [-0.1, -0.05) is 23.7 Å². The number of aryl methyl sites for hydroxylation is 2. The highest BCUT2D eigenvalue weighted by molar-refractivity contribution is 6.31. The predicted molar refractivity (Wildman–Crippen MR) is 79.0 cm³/mol. The van der Waals surface area contributed by atoms with Crippen molar-refractivity contribution in [1.29, 1.82) is 0 Å². The molecule has 2 N–H and O–H groups in total. The summed E-state index contributed by atoms with van der Waals surface area (Å²) in [6.45, 7) is 6.28. The maximum atomic E-state index is 10.7. The molecule has 0 radical (unpaired) electrons. The lowest BCUT2D eigenvalue weighted by molar-refractivity contribution is 0.0554. The predicted octanol–water partition coefficient (Wildman–Crippen LogP) is 3.02. The van der Waals surface area contributed by atoms with Crippen molar-refractivity contribution in [1.82, 2.24) is 9.78 Å². The zero-order valence-corrected chi connectivity index (χ0v) is 12.6. The quantitative estimate of drug-likeness (QED) is 0.911. The third-order valence-electron chi connectivity index (χ3n) is 3.45. The summed E-state index contributed by atoms with van der Waals surface area (Å²) < 4.78 is 1.81. The minimum atomic E-state index is -1.07. The lowest BCUT2D eigenvalue weighted by Crippen LogP contribution is -2.26. The third kappa shape index (κ3) is 2.81. The van der Waals surface area contributed by atoms with E-state index >= 15 is 0 Å². The van der Waals surface area contributed by atoms with E-state index in [1.165, 1.54) is 0 Å². The molecule has 0 bridgehead atoms. The molecule has 1 aromatic carbocycles. The molecular weight excluding hydrogens is 276 g/mol. The number of benzene rings is 1. The molecule has 0 aliphatic rings. The molecule has 1 aromatic heterocycles. The number of phenols is 1. The Kier molecular flexibility index (Phi) is 4.06. The first-order chi connectivity index (χ1) is 9.35.